The van der Waals surface area contributed by atoms with Gasteiger partial charge in [0, 0.05) is 15.9 Å². The highest BCUT2D eigenvalue weighted by Crippen LogP contribution is 2.45. The number of halogens is 1. The standard InChI is InChI=1S/C22H28BrNO6/c1-7-28-17-11-15(23)14(10-16(17)27-6)20-18(21(25)29-8-2)12(4)24-13(5)19(20)22(26)30-9-3/h10-11,20,24H,7-9H2,1-6H3. The molecule has 1 N–H and O–H groups in total. The van der Waals surface area contributed by atoms with Gasteiger partial charge in [-0.25, -0.2) is 9.59 Å². The van der Waals surface area contributed by atoms with Gasteiger partial charge in [-0.15, -0.1) is 0 Å². The van der Waals surface area contributed by atoms with Gasteiger partial charge in [0.15, 0.2) is 11.5 Å². The van der Waals surface area contributed by atoms with Crippen molar-refractivity contribution in [2.75, 3.05) is 26.9 Å². The van der Waals surface area contributed by atoms with E-state index in [0.717, 1.165) is 0 Å². The second kappa shape index (κ2) is 10.5. The van der Waals surface area contributed by atoms with E-state index >= 15 is 0 Å². The minimum absolute atomic E-state index is 0.216. The van der Waals surface area contributed by atoms with E-state index in [9.17, 15) is 9.59 Å². The molecule has 0 bridgehead atoms. The van der Waals surface area contributed by atoms with Crippen molar-refractivity contribution in [3.05, 3.63) is 44.7 Å². The molecule has 0 atom stereocenters. The second-order valence-electron chi connectivity index (χ2n) is 6.53. The van der Waals surface area contributed by atoms with Crippen LogP contribution < -0.4 is 14.8 Å². The SMILES string of the molecule is CCOC(=O)C1=C(C)NC(C)=C(C(=O)OCC)C1c1cc(OC)c(OCC)cc1Br. The van der Waals surface area contributed by atoms with Gasteiger partial charge in [0.25, 0.3) is 0 Å². The highest BCUT2D eigenvalue weighted by molar-refractivity contribution is 9.10. The van der Waals surface area contributed by atoms with Crippen LogP contribution in [0.25, 0.3) is 0 Å². The number of allylic oxidation sites excluding steroid dienone is 2. The van der Waals surface area contributed by atoms with Crippen molar-refractivity contribution < 1.29 is 28.5 Å². The first-order valence-electron chi connectivity index (χ1n) is 9.83. The minimum atomic E-state index is -0.705. The average molecular weight is 482 g/mol. The van der Waals surface area contributed by atoms with Crippen molar-refractivity contribution in [2.24, 2.45) is 0 Å². The maximum Gasteiger partial charge on any atom is 0.336 e. The Labute approximate surface area is 185 Å². The Hall–Kier alpha value is -2.48. The fraction of sp³-hybridized carbons (Fsp3) is 0.455. The normalized spacial score (nSPS) is 14.4. The minimum Gasteiger partial charge on any atom is -0.493 e. The predicted octanol–water partition coefficient (Wildman–Crippen LogP) is 4.22. The molecule has 0 amide bonds. The number of benzene rings is 1. The molecule has 0 fully saturated rings. The second-order valence-corrected chi connectivity index (χ2v) is 7.39. The predicted molar refractivity (Wildman–Crippen MR) is 116 cm³/mol. The molecule has 1 heterocycles. The summed E-state index contributed by atoms with van der Waals surface area (Å²) < 4.78 is 22.4. The van der Waals surface area contributed by atoms with Crippen molar-refractivity contribution in [2.45, 2.75) is 40.5 Å². The molecule has 0 radical (unpaired) electrons. The van der Waals surface area contributed by atoms with Crippen LogP contribution in [0.15, 0.2) is 39.1 Å². The molecule has 0 saturated heterocycles. The van der Waals surface area contributed by atoms with E-state index in [4.69, 9.17) is 18.9 Å². The van der Waals surface area contributed by atoms with E-state index in [1.54, 1.807) is 46.9 Å². The van der Waals surface area contributed by atoms with Crippen molar-refractivity contribution in [3.63, 3.8) is 0 Å². The quantitative estimate of drug-likeness (QED) is 0.556. The molecular formula is C22H28BrNO6. The van der Waals surface area contributed by atoms with E-state index < -0.39 is 17.9 Å². The van der Waals surface area contributed by atoms with Gasteiger partial charge in [0.2, 0.25) is 0 Å². The van der Waals surface area contributed by atoms with Gasteiger partial charge in [-0.1, -0.05) is 15.9 Å². The summed E-state index contributed by atoms with van der Waals surface area (Å²) in [6.07, 6.45) is 0. The number of dihydropyridines is 1. The maximum atomic E-state index is 12.9. The number of nitrogens with one attached hydrogen (secondary N) is 1. The van der Waals surface area contributed by atoms with Crippen LogP contribution in [0.5, 0.6) is 11.5 Å². The zero-order chi connectivity index (χ0) is 22.4. The van der Waals surface area contributed by atoms with Crippen LogP contribution in [0.2, 0.25) is 0 Å². The lowest BCUT2D eigenvalue weighted by molar-refractivity contribution is -0.139. The number of methoxy groups -OCH3 is 1. The highest BCUT2D eigenvalue weighted by atomic mass is 79.9. The highest BCUT2D eigenvalue weighted by Gasteiger charge is 2.39. The van der Waals surface area contributed by atoms with E-state index in [1.165, 1.54) is 0 Å². The maximum absolute atomic E-state index is 12.9. The van der Waals surface area contributed by atoms with Gasteiger partial charge >= 0.3 is 11.9 Å². The van der Waals surface area contributed by atoms with Gasteiger partial charge in [0.05, 0.1) is 44.0 Å². The zero-order valence-electron chi connectivity index (χ0n) is 18.2. The molecule has 0 unspecified atom stereocenters. The Morgan fingerprint density at radius 3 is 1.90 bits per heavy atom. The molecule has 7 nitrogen and oxygen atoms in total. The summed E-state index contributed by atoms with van der Waals surface area (Å²) in [6, 6.07) is 3.54. The lowest BCUT2D eigenvalue weighted by Gasteiger charge is -2.31. The monoisotopic (exact) mass is 481 g/mol. The number of ether oxygens (including phenoxy) is 4. The molecule has 1 aliphatic heterocycles. The van der Waals surface area contributed by atoms with Gasteiger partial charge in [-0.2, -0.15) is 0 Å². The first-order valence-corrected chi connectivity index (χ1v) is 10.6. The van der Waals surface area contributed by atoms with E-state index in [2.05, 4.69) is 21.2 Å². The lowest BCUT2D eigenvalue weighted by atomic mass is 9.80. The molecule has 0 aliphatic carbocycles. The van der Waals surface area contributed by atoms with Crippen LogP contribution in [0.3, 0.4) is 0 Å². The van der Waals surface area contributed by atoms with E-state index in [-0.39, 0.29) is 13.2 Å². The van der Waals surface area contributed by atoms with E-state index in [0.29, 0.717) is 50.7 Å². The number of esters is 2. The third-order valence-electron chi connectivity index (χ3n) is 4.64. The summed E-state index contributed by atoms with van der Waals surface area (Å²) in [6.45, 7) is 9.82. The fourth-order valence-corrected chi connectivity index (χ4v) is 4.02. The molecular weight excluding hydrogens is 454 g/mol. The number of hydrogen-bond donors (Lipinski definition) is 1. The molecule has 30 heavy (non-hydrogen) atoms. The zero-order valence-corrected chi connectivity index (χ0v) is 19.8. The number of hydrogen-bond acceptors (Lipinski definition) is 7. The van der Waals surface area contributed by atoms with Crippen LogP contribution in [0, 0.1) is 0 Å². The molecule has 0 saturated carbocycles. The van der Waals surface area contributed by atoms with E-state index in [1.807, 2.05) is 6.92 Å². The van der Waals surface area contributed by atoms with Crippen LogP contribution >= 0.6 is 15.9 Å². The first-order chi connectivity index (χ1) is 14.3. The Morgan fingerprint density at radius 1 is 0.933 bits per heavy atom. The number of carbonyl (C=O) groups is 2. The fourth-order valence-electron chi connectivity index (χ4n) is 3.46. The third-order valence-corrected chi connectivity index (χ3v) is 5.33. The Bertz CT molecular complexity index is 850. The molecule has 2 rings (SSSR count). The average Bonchev–Trinajstić information content (AvgIpc) is 2.68. The molecule has 1 aliphatic rings. The van der Waals surface area contributed by atoms with Crippen molar-refractivity contribution >= 4 is 27.9 Å². The summed E-state index contributed by atoms with van der Waals surface area (Å²) >= 11 is 3.58. The van der Waals surface area contributed by atoms with Gasteiger partial charge in [0.1, 0.15) is 0 Å². The van der Waals surface area contributed by atoms with Crippen LogP contribution in [0.4, 0.5) is 0 Å². The number of rotatable bonds is 8. The molecule has 8 heteroatoms. The molecule has 1 aromatic rings. The van der Waals surface area contributed by atoms with Gasteiger partial charge < -0.3 is 24.3 Å². The van der Waals surface area contributed by atoms with Gasteiger partial charge in [-0.3, -0.25) is 0 Å². The topological polar surface area (TPSA) is 83.1 Å². The Balaban J connectivity index is 2.76. The summed E-state index contributed by atoms with van der Waals surface area (Å²) in [5.74, 6) is -0.650. The summed E-state index contributed by atoms with van der Waals surface area (Å²) in [5.41, 5.74) is 2.59. The summed E-state index contributed by atoms with van der Waals surface area (Å²) in [7, 11) is 1.54. The largest absolute Gasteiger partial charge is 0.493 e. The molecule has 164 valence electrons. The van der Waals surface area contributed by atoms with Crippen LogP contribution in [-0.2, 0) is 19.1 Å². The van der Waals surface area contributed by atoms with Crippen molar-refractivity contribution in [1.29, 1.82) is 0 Å². The smallest absolute Gasteiger partial charge is 0.336 e. The Kier molecular flexibility index (Phi) is 8.34. The number of carbonyl (C=O) groups excluding carboxylic acids is 2. The van der Waals surface area contributed by atoms with Gasteiger partial charge in [-0.05, 0) is 52.3 Å². The van der Waals surface area contributed by atoms with Crippen molar-refractivity contribution in [1.82, 2.24) is 5.32 Å². The van der Waals surface area contributed by atoms with Crippen LogP contribution in [-0.4, -0.2) is 38.9 Å². The summed E-state index contributed by atoms with van der Waals surface area (Å²) in [4.78, 5) is 25.8. The first kappa shape index (κ1) is 23.8. The van der Waals surface area contributed by atoms with Crippen molar-refractivity contribution in [3.8, 4) is 11.5 Å². The third kappa shape index (κ3) is 4.80. The Morgan fingerprint density at radius 2 is 1.47 bits per heavy atom. The molecule has 0 spiro atoms. The molecule has 0 aromatic heterocycles. The molecule has 1 aromatic carbocycles. The lowest BCUT2D eigenvalue weighted by Crippen LogP contribution is -2.32. The van der Waals surface area contributed by atoms with Crippen LogP contribution in [0.1, 0.15) is 46.1 Å². The summed E-state index contributed by atoms with van der Waals surface area (Å²) in [5, 5.41) is 3.12.